The van der Waals surface area contributed by atoms with Crippen LogP contribution >= 0.6 is 0 Å². The molecule has 47 heteroatoms. The van der Waals surface area contributed by atoms with E-state index in [1.54, 1.807) is 0 Å². The molecule has 0 bridgehead atoms. The molecule has 0 aromatic heterocycles. The van der Waals surface area contributed by atoms with Gasteiger partial charge in [-0.15, -0.1) is 0 Å². The number of ether oxygens (including phenoxy) is 14. The first-order valence-corrected chi connectivity index (χ1v) is 44.8. The first-order valence-electron chi connectivity index (χ1n) is 43.3. The molecule has 726 valence electrons. The lowest BCUT2D eigenvalue weighted by atomic mass is 9.83. The van der Waals surface area contributed by atoms with E-state index in [1.165, 1.54) is 43.3 Å². The van der Waals surface area contributed by atoms with Crippen LogP contribution in [0.25, 0.3) is 0 Å². The second kappa shape index (κ2) is 63.3. The van der Waals surface area contributed by atoms with Gasteiger partial charge in [-0.05, 0) is 96.0 Å². The van der Waals surface area contributed by atoms with Gasteiger partial charge in [0.25, 0.3) is 5.69 Å². The molecule has 19 N–H and O–H groups in total. The molecule has 0 radical (unpaired) electrons. The van der Waals surface area contributed by atoms with Crippen LogP contribution in [0.3, 0.4) is 0 Å². The molecular formula is C79H140N12O34S. The van der Waals surface area contributed by atoms with Crippen molar-refractivity contribution in [2.24, 2.45) is 0 Å². The van der Waals surface area contributed by atoms with Gasteiger partial charge < -0.3 is 165 Å². The number of aliphatic hydroxyl groups excluding tert-OH is 9. The molecular weight excluding hydrogens is 1690 g/mol. The van der Waals surface area contributed by atoms with Crippen molar-refractivity contribution >= 4 is 57.4 Å². The number of rotatable bonds is 67. The van der Waals surface area contributed by atoms with E-state index in [2.05, 4.69) is 53.2 Å². The summed E-state index contributed by atoms with van der Waals surface area (Å²) in [4.78, 5) is 99.4. The van der Waals surface area contributed by atoms with E-state index < -0.39 is 190 Å². The Labute approximate surface area is 735 Å². The fourth-order valence-electron chi connectivity index (χ4n) is 14.8. The summed E-state index contributed by atoms with van der Waals surface area (Å²) in [5.41, 5.74) is -1.53. The van der Waals surface area contributed by atoms with E-state index in [0.717, 1.165) is 6.07 Å². The van der Waals surface area contributed by atoms with Crippen molar-refractivity contribution in [3.63, 3.8) is 0 Å². The maximum Gasteiger partial charge on any atom is 0.314 e. The summed E-state index contributed by atoms with van der Waals surface area (Å²) in [6, 6.07) is 0.589. The molecule has 126 heavy (non-hydrogen) atoms. The van der Waals surface area contributed by atoms with Gasteiger partial charge >= 0.3 is 18.1 Å². The molecule has 0 spiro atoms. The molecule has 0 unspecified atom stereocenters. The van der Waals surface area contributed by atoms with Gasteiger partial charge in [-0.25, -0.2) is 22.8 Å². The maximum absolute atomic E-state index is 14.0. The molecule has 4 heterocycles. The molecule has 4 fully saturated rings. The molecule has 4 saturated heterocycles. The zero-order valence-corrected chi connectivity index (χ0v) is 73.4. The van der Waals surface area contributed by atoms with Crippen LogP contribution < -0.4 is 53.2 Å². The number of urea groups is 3. The highest BCUT2D eigenvalue weighted by molar-refractivity contribution is 7.89. The third-order valence-electron chi connectivity index (χ3n) is 21.0. The third-order valence-corrected chi connectivity index (χ3v) is 23.0. The Morgan fingerprint density at radius 1 is 0.437 bits per heavy atom. The van der Waals surface area contributed by atoms with Gasteiger partial charge in [0.1, 0.15) is 61.5 Å². The Morgan fingerprint density at radius 2 is 0.754 bits per heavy atom. The molecule has 46 nitrogen and oxygen atoms in total. The standard InChI is InChI=1S/C79H140N12O34S/c1-54(95)86-67-59(123-62(50-92)70(99)73(67)102)13-6-29-112-38-41-116-34-25-83-76(105)80-22-9-19-79(20-10-23-81-77(106)84-26-35-117-42-39-113-30-7-14-60-68(87-55(2)96)74(103)71(100)63(51-93)124-60,21-11-24-82-78(107)85-27-36-118-43-40-114-31-8-15-61-69(88-56(3)97)75(104)72(101)64(52-94)125-61)89-66(98)53-122-49-48-121-47-46-120-45-44-119-37-28-90(57-17-32-115-33-18-57)126(110,111)65-16-5-4-12-58(65)91(108)109/h4-5,12,16,57,59-64,67-75,92-94,99-104H,6-11,13-15,17-53H2,1-3H3,(H,86,95)(H,87,96)(H,88,97)(H,89,98)(H2,80,83,105)(H2,81,84,106)(H2,82,85,107)/t59-,60-,61-,62-,63-,64-,67+,68+,69+,70+,71+,72+,73-,74-,75-/m1/s1. The minimum absolute atomic E-state index is 0.00589. The number of aliphatic hydroxyl groups is 9. The van der Waals surface area contributed by atoms with Crippen LogP contribution in [0.5, 0.6) is 0 Å². The van der Waals surface area contributed by atoms with Crippen LogP contribution in [-0.4, -0.2) is 419 Å². The predicted molar refractivity (Wildman–Crippen MR) is 446 cm³/mol. The number of para-hydroxylation sites is 1. The minimum atomic E-state index is -4.29. The lowest BCUT2D eigenvalue weighted by molar-refractivity contribution is -0.387. The molecule has 4 aliphatic rings. The SMILES string of the molecule is CC(=O)N[C@@H]1[C@@H](O)[C@@H](O)[C@@H](CO)O[C@@H]1CCCOCCOCCNC(=O)NCCCC(CCCNC(=O)NCCOCCOCCC[C@H]1O[C@H](CO)[C@H](O)[C@H](O)[C@H]1NC(C)=O)(CCCNC(=O)NCCOCCOCCC[C@H]1O[C@H](CO)[C@H](O)[C@H](O)[C@H]1NC(C)=O)NC(=O)COCCOCCOCCOCCN(C1CCOCC1)S(=O)(=O)c1ccccc1[N+](=O)[O-]. The number of carbonyl (C=O) groups is 7. The van der Waals surface area contributed by atoms with Gasteiger partial charge in [0.2, 0.25) is 33.7 Å². The highest BCUT2D eigenvalue weighted by atomic mass is 32.2. The number of carbonyl (C=O) groups excluding carboxylic acids is 7. The number of benzene rings is 1. The number of nitro benzene ring substituents is 1. The molecule has 4 aliphatic heterocycles. The fraction of sp³-hybridized carbons (Fsp3) is 0.835. The van der Waals surface area contributed by atoms with Crippen LogP contribution in [0, 0.1) is 10.1 Å². The van der Waals surface area contributed by atoms with Crippen LogP contribution in [0.2, 0.25) is 0 Å². The topological polar surface area (TPSA) is 632 Å². The Kier molecular flexibility index (Phi) is 55.2. The smallest absolute Gasteiger partial charge is 0.314 e. The number of amides is 10. The third kappa shape index (κ3) is 42.0. The van der Waals surface area contributed by atoms with Crippen molar-refractivity contribution in [2.75, 3.05) is 211 Å². The summed E-state index contributed by atoms with van der Waals surface area (Å²) in [5.74, 6) is -1.75. The second-order valence-corrected chi connectivity index (χ2v) is 32.5. The van der Waals surface area contributed by atoms with Crippen LogP contribution in [0.1, 0.15) is 111 Å². The first-order chi connectivity index (χ1) is 60.7. The number of hydrogen-bond donors (Lipinski definition) is 19. The highest BCUT2D eigenvalue weighted by Gasteiger charge is 2.48. The Balaban J connectivity index is 1.11. The summed E-state index contributed by atoms with van der Waals surface area (Å²) in [5, 5.41) is 131. The van der Waals surface area contributed by atoms with Crippen molar-refractivity contribution in [3.05, 3.63) is 34.4 Å². The summed E-state index contributed by atoms with van der Waals surface area (Å²) in [6.45, 7) is 6.43. The summed E-state index contributed by atoms with van der Waals surface area (Å²) >= 11 is 0. The van der Waals surface area contributed by atoms with E-state index in [1.807, 2.05) is 0 Å². The van der Waals surface area contributed by atoms with E-state index in [9.17, 15) is 98.1 Å². The van der Waals surface area contributed by atoms with Crippen molar-refractivity contribution in [3.8, 4) is 0 Å². The number of nitrogens with one attached hydrogen (secondary N) is 10. The van der Waals surface area contributed by atoms with Crippen LogP contribution in [-0.2, 0) is 95.5 Å². The van der Waals surface area contributed by atoms with E-state index in [0.29, 0.717) is 103 Å². The molecule has 0 aliphatic carbocycles. The van der Waals surface area contributed by atoms with E-state index in [-0.39, 0.29) is 178 Å². The monoisotopic (exact) mass is 1830 g/mol. The molecule has 15 atom stereocenters. The molecule has 5 rings (SSSR count). The van der Waals surface area contributed by atoms with Gasteiger partial charge in [0.15, 0.2) is 4.90 Å². The lowest BCUT2D eigenvalue weighted by Crippen LogP contribution is -2.63. The van der Waals surface area contributed by atoms with E-state index >= 15 is 0 Å². The highest BCUT2D eigenvalue weighted by Crippen LogP contribution is 2.32. The summed E-state index contributed by atoms with van der Waals surface area (Å²) < 4.78 is 109. The lowest BCUT2D eigenvalue weighted by Gasteiger charge is -2.42. The Morgan fingerprint density at radius 3 is 1.10 bits per heavy atom. The van der Waals surface area contributed by atoms with E-state index in [4.69, 9.17) is 66.3 Å². The maximum atomic E-state index is 14.0. The zero-order chi connectivity index (χ0) is 91.9. The second-order valence-electron chi connectivity index (χ2n) is 30.7. The predicted octanol–water partition coefficient (Wildman–Crippen LogP) is -4.68. The molecule has 1 aromatic carbocycles. The number of hydrogen-bond acceptors (Lipinski definition) is 34. The molecule has 1 aromatic rings. The summed E-state index contributed by atoms with van der Waals surface area (Å²) in [7, 11) is -4.29. The van der Waals surface area contributed by atoms with Gasteiger partial charge in [0, 0.05) is 117 Å². The Bertz CT molecular complexity index is 3140. The fourth-order valence-corrected chi connectivity index (χ4v) is 16.6. The van der Waals surface area contributed by atoms with Gasteiger partial charge in [-0.2, -0.15) is 4.31 Å². The normalized spacial score (nSPS) is 23.5. The minimum Gasteiger partial charge on any atom is -0.394 e. The van der Waals surface area contributed by atoms with Crippen molar-refractivity contribution < 1.29 is 159 Å². The summed E-state index contributed by atoms with van der Waals surface area (Å²) in [6.07, 6.45) is -8.21. The van der Waals surface area contributed by atoms with Crippen LogP contribution in [0.15, 0.2) is 29.2 Å². The van der Waals surface area contributed by atoms with Crippen molar-refractivity contribution in [1.29, 1.82) is 0 Å². The number of nitro groups is 1. The molecule has 10 amide bonds. The van der Waals surface area contributed by atoms with Gasteiger partial charge in [-0.1, -0.05) is 12.1 Å². The largest absolute Gasteiger partial charge is 0.394 e. The van der Waals surface area contributed by atoms with Crippen molar-refractivity contribution in [2.45, 2.75) is 219 Å². The Hall–Kier alpha value is -6.70. The molecule has 0 saturated carbocycles. The van der Waals surface area contributed by atoms with Gasteiger partial charge in [-0.3, -0.25) is 29.3 Å². The van der Waals surface area contributed by atoms with Crippen LogP contribution in [0.4, 0.5) is 20.1 Å². The average molecular weight is 1830 g/mol. The number of sulfonamides is 1. The van der Waals surface area contributed by atoms with Crippen molar-refractivity contribution in [1.82, 2.24) is 57.5 Å². The average Bonchev–Trinajstić information content (AvgIpc) is 0.823. The van der Waals surface area contributed by atoms with Gasteiger partial charge in [0.05, 0.1) is 167 Å². The zero-order valence-electron chi connectivity index (χ0n) is 72.6. The number of nitrogens with zero attached hydrogens (tertiary/aromatic N) is 2. The first kappa shape index (κ1) is 110. The quantitative estimate of drug-likeness (QED) is 0.0166.